The number of carbonyl (C=O) groups excluding carboxylic acids is 2. The molecule has 0 fully saturated rings. The molecular formula is C28H27N7O3. The summed E-state index contributed by atoms with van der Waals surface area (Å²) < 4.78 is 4.96. The first-order chi connectivity index (χ1) is 18.2. The van der Waals surface area contributed by atoms with Gasteiger partial charge in [-0.2, -0.15) is 15.5 Å². The first kappa shape index (κ1) is 27.4. The largest absolute Gasteiger partial charge is 0.465 e. The van der Waals surface area contributed by atoms with Gasteiger partial charge in [-0.05, 0) is 79.9 Å². The second-order valence-corrected chi connectivity index (χ2v) is 8.35. The predicted octanol–water partition coefficient (Wildman–Crippen LogP) is 4.62. The van der Waals surface area contributed by atoms with E-state index in [1.807, 2.05) is 32.0 Å². The van der Waals surface area contributed by atoms with Gasteiger partial charge < -0.3 is 20.3 Å². The van der Waals surface area contributed by atoms with E-state index in [9.17, 15) is 9.59 Å². The van der Waals surface area contributed by atoms with Gasteiger partial charge in [0, 0.05) is 30.7 Å². The number of benzene rings is 2. The van der Waals surface area contributed by atoms with Gasteiger partial charge in [0.05, 0.1) is 24.3 Å². The molecule has 0 unspecified atom stereocenters. The third-order valence-corrected chi connectivity index (χ3v) is 5.46. The standard InChI is InChI=1S/C28H27N7O3/c1-5-38-24(36)17-35(4)27(37)23-16-31-28(32-22-10-8-20(15-30)9-11-22)34-26(23)33-25-18(2)13-21(7-6-12-29)14-19(25)3/h6-11,13-14,16H,5,17H2,1-4H3,(H2,31,32,33,34)/b7-6+. The van der Waals surface area contributed by atoms with Crippen LogP contribution < -0.4 is 10.6 Å². The molecule has 0 aliphatic carbocycles. The minimum Gasteiger partial charge on any atom is -0.465 e. The van der Waals surface area contributed by atoms with Gasteiger partial charge in [-0.25, -0.2) is 4.98 Å². The van der Waals surface area contributed by atoms with Crippen LogP contribution in [0.5, 0.6) is 0 Å². The van der Waals surface area contributed by atoms with Crippen LogP contribution in [0, 0.1) is 36.5 Å². The van der Waals surface area contributed by atoms with Gasteiger partial charge >= 0.3 is 5.97 Å². The van der Waals surface area contributed by atoms with E-state index in [1.54, 1.807) is 37.3 Å². The molecule has 3 rings (SSSR count). The maximum Gasteiger partial charge on any atom is 0.325 e. The summed E-state index contributed by atoms with van der Waals surface area (Å²) in [5.74, 6) is -0.519. The molecule has 192 valence electrons. The first-order valence-corrected chi connectivity index (χ1v) is 11.8. The number of amides is 1. The van der Waals surface area contributed by atoms with Gasteiger partial charge in [0.1, 0.15) is 17.9 Å². The van der Waals surface area contributed by atoms with Crippen LogP contribution in [0.15, 0.2) is 48.7 Å². The number of hydrogen-bond acceptors (Lipinski definition) is 9. The molecule has 2 N–H and O–H groups in total. The highest BCUT2D eigenvalue weighted by Gasteiger charge is 2.22. The lowest BCUT2D eigenvalue weighted by molar-refractivity contribution is -0.143. The minimum absolute atomic E-state index is 0.162. The van der Waals surface area contributed by atoms with E-state index in [-0.39, 0.29) is 30.5 Å². The highest BCUT2D eigenvalue weighted by molar-refractivity contribution is 6.00. The van der Waals surface area contributed by atoms with Crippen LogP contribution in [0.3, 0.4) is 0 Å². The second kappa shape index (κ2) is 12.7. The number of anilines is 4. The molecule has 0 atom stereocenters. The van der Waals surface area contributed by atoms with Crippen LogP contribution in [0.4, 0.5) is 23.1 Å². The Morgan fingerprint density at radius 1 is 1.11 bits per heavy atom. The van der Waals surface area contributed by atoms with Crippen molar-refractivity contribution in [3.05, 3.63) is 76.5 Å². The molecule has 0 aliphatic rings. The fraction of sp³-hybridized carbons (Fsp3) is 0.214. The Hall–Kier alpha value is -5.22. The van der Waals surface area contributed by atoms with Crippen molar-refractivity contribution in [3.8, 4) is 12.1 Å². The summed E-state index contributed by atoms with van der Waals surface area (Å²) in [6, 6.07) is 14.7. The number of nitriles is 2. The molecule has 0 spiro atoms. The molecule has 1 amide bonds. The Morgan fingerprint density at radius 3 is 2.39 bits per heavy atom. The van der Waals surface area contributed by atoms with E-state index in [4.69, 9.17) is 15.3 Å². The van der Waals surface area contributed by atoms with E-state index in [0.717, 1.165) is 22.4 Å². The Morgan fingerprint density at radius 2 is 1.79 bits per heavy atom. The van der Waals surface area contributed by atoms with Crippen LogP contribution in [0.25, 0.3) is 6.08 Å². The summed E-state index contributed by atoms with van der Waals surface area (Å²) in [6.45, 7) is 5.50. The number of rotatable bonds is 9. The van der Waals surface area contributed by atoms with Gasteiger partial charge in [-0.15, -0.1) is 0 Å². The monoisotopic (exact) mass is 509 g/mol. The van der Waals surface area contributed by atoms with Crippen molar-refractivity contribution in [2.24, 2.45) is 0 Å². The molecule has 1 aromatic heterocycles. The molecule has 10 nitrogen and oxygen atoms in total. The molecule has 0 bridgehead atoms. The van der Waals surface area contributed by atoms with Gasteiger partial charge in [0.25, 0.3) is 5.91 Å². The maximum atomic E-state index is 13.3. The normalized spacial score (nSPS) is 10.4. The van der Waals surface area contributed by atoms with E-state index < -0.39 is 11.9 Å². The molecule has 0 saturated carbocycles. The molecule has 3 aromatic rings. The SMILES string of the molecule is CCOC(=O)CN(C)C(=O)c1cnc(Nc2ccc(C#N)cc2)nc1Nc1c(C)cc(/C=C/C#N)cc1C. The van der Waals surface area contributed by atoms with Gasteiger partial charge in [-0.1, -0.05) is 0 Å². The van der Waals surface area contributed by atoms with E-state index in [0.29, 0.717) is 11.3 Å². The zero-order valence-corrected chi connectivity index (χ0v) is 21.6. The molecule has 10 heteroatoms. The Bertz CT molecular complexity index is 1430. The number of allylic oxidation sites excluding steroid dienone is 1. The lowest BCUT2D eigenvalue weighted by Gasteiger charge is -2.20. The van der Waals surface area contributed by atoms with Crippen molar-refractivity contribution in [2.75, 3.05) is 30.8 Å². The number of nitrogens with zero attached hydrogens (tertiary/aromatic N) is 5. The number of ether oxygens (including phenoxy) is 1. The number of hydrogen-bond donors (Lipinski definition) is 2. The Labute approximate surface area is 221 Å². The van der Waals surface area contributed by atoms with Crippen molar-refractivity contribution in [3.63, 3.8) is 0 Å². The van der Waals surface area contributed by atoms with Crippen molar-refractivity contribution >= 4 is 41.1 Å². The number of likely N-dealkylation sites (N-methyl/N-ethyl adjacent to an activating group) is 1. The van der Waals surface area contributed by atoms with Gasteiger partial charge in [-0.3, -0.25) is 9.59 Å². The topological polar surface area (TPSA) is 144 Å². The number of nitrogens with one attached hydrogen (secondary N) is 2. The lowest BCUT2D eigenvalue weighted by Crippen LogP contribution is -2.33. The molecule has 38 heavy (non-hydrogen) atoms. The number of esters is 1. The zero-order chi connectivity index (χ0) is 27.7. The van der Waals surface area contributed by atoms with Crippen molar-refractivity contribution in [1.82, 2.24) is 14.9 Å². The predicted molar refractivity (Wildman–Crippen MR) is 144 cm³/mol. The molecular weight excluding hydrogens is 482 g/mol. The fourth-order valence-electron chi connectivity index (χ4n) is 3.67. The average molecular weight is 510 g/mol. The first-order valence-electron chi connectivity index (χ1n) is 11.8. The quantitative estimate of drug-likeness (QED) is 0.312. The van der Waals surface area contributed by atoms with E-state index >= 15 is 0 Å². The van der Waals surface area contributed by atoms with Crippen molar-refractivity contribution < 1.29 is 14.3 Å². The fourth-order valence-corrected chi connectivity index (χ4v) is 3.67. The van der Waals surface area contributed by atoms with Crippen LogP contribution in [0.1, 0.15) is 39.5 Å². The van der Waals surface area contributed by atoms with Crippen LogP contribution in [-0.2, 0) is 9.53 Å². The van der Waals surface area contributed by atoms with E-state index in [1.165, 1.54) is 24.2 Å². The summed E-state index contributed by atoms with van der Waals surface area (Å²) in [5.41, 5.74) is 4.70. The number of aryl methyl sites for hydroxylation is 2. The average Bonchev–Trinajstić information content (AvgIpc) is 2.89. The summed E-state index contributed by atoms with van der Waals surface area (Å²) in [6.07, 6.45) is 4.51. The highest BCUT2D eigenvalue weighted by Crippen LogP contribution is 2.29. The Kier molecular flexibility index (Phi) is 9.11. The third-order valence-electron chi connectivity index (χ3n) is 5.46. The highest BCUT2D eigenvalue weighted by atomic mass is 16.5. The lowest BCUT2D eigenvalue weighted by atomic mass is 10.0. The minimum atomic E-state index is -0.523. The second-order valence-electron chi connectivity index (χ2n) is 8.35. The molecule has 0 radical (unpaired) electrons. The van der Waals surface area contributed by atoms with E-state index in [2.05, 4.69) is 26.7 Å². The summed E-state index contributed by atoms with van der Waals surface area (Å²) in [4.78, 5) is 35.3. The summed E-state index contributed by atoms with van der Waals surface area (Å²) >= 11 is 0. The molecule has 0 aliphatic heterocycles. The molecule has 0 saturated heterocycles. The van der Waals surface area contributed by atoms with Crippen LogP contribution >= 0.6 is 0 Å². The van der Waals surface area contributed by atoms with Crippen LogP contribution in [-0.4, -0.2) is 46.9 Å². The summed E-state index contributed by atoms with van der Waals surface area (Å²) in [5, 5.41) is 24.2. The molecule has 1 heterocycles. The smallest absolute Gasteiger partial charge is 0.325 e. The van der Waals surface area contributed by atoms with Crippen molar-refractivity contribution in [1.29, 1.82) is 10.5 Å². The van der Waals surface area contributed by atoms with Crippen LogP contribution in [0.2, 0.25) is 0 Å². The number of carbonyl (C=O) groups is 2. The Balaban J connectivity index is 2.00. The third kappa shape index (κ3) is 6.93. The van der Waals surface area contributed by atoms with Crippen molar-refractivity contribution in [2.45, 2.75) is 20.8 Å². The van der Waals surface area contributed by atoms with Gasteiger partial charge in [0.2, 0.25) is 5.95 Å². The van der Waals surface area contributed by atoms with Gasteiger partial charge in [0.15, 0.2) is 0 Å². The maximum absolute atomic E-state index is 13.3. The zero-order valence-electron chi connectivity index (χ0n) is 21.6. The molecule has 2 aromatic carbocycles. The number of aromatic nitrogens is 2. The summed E-state index contributed by atoms with van der Waals surface area (Å²) in [7, 11) is 1.50.